The Morgan fingerprint density at radius 2 is 1.62 bits per heavy atom. The lowest BCUT2D eigenvalue weighted by Crippen LogP contribution is -2.39. The Bertz CT molecular complexity index is 832. The first-order valence-corrected chi connectivity index (χ1v) is 10.4. The molecule has 0 aliphatic rings. The summed E-state index contributed by atoms with van der Waals surface area (Å²) in [6.07, 6.45) is 0. The van der Waals surface area contributed by atoms with Gasteiger partial charge < -0.3 is 10.1 Å². The van der Waals surface area contributed by atoms with Gasteiger partial charge in [-0.1, -0.05) is 50.2 Å². The van der Waals surface area contributed by atoms with Gasteiger partial charge in [-0.25, -0.2) is 8.42 Å². The third kappa shape index (κ3) is 6.19. The molecule has 2 rings (SSSR count). The van der Waals surface area contributed by atoms with Gasteiger partial charge in [-0.05, 0) is 31.0 Å². The van der Waals surface area contributed by atoms with E-state index in [0.29, 0.717) is 17.1 Å². The molecule has 1 unspecified atom stereocenters. The van der Waals surface area contributed by atoms with Crippen LogP contribution < -0.4 is 10.1 Å². The average Bonchev–Trinajstić information content (AvgIpc) is 2.56. The summed E-state index contributed by atoms with van der Waals surface area (Å²) in [5, 5.41) is 2.73. The number of hydrogen-bond donors (Lipinski definition) is 1. The molecule has 2 aromatic rings. The maximum atomic E-state index is 12.4. The van der Waals surface area contributed by atoms with Crippen molar-refractivity contribution in [2.24, 2.45) is 5.92 Å². The van der Waals surface area contributed by atoms with Gasteiger partial charge in [-0.15, -0.1) is 0 Å². The minimum absolute atomic E-state index is 0.0774. The van der Waals surface area contributed by atoms with E-state index in [1.54, 1.807) is 36.4 Å². The van der Waals surface area contributed by atoms with Gasteiger partial charge in [0.25, 0.3) is 0 Å². The highest BCUT2D eigenvalue weighted by atomic mass is 32.2. The van der Waals surface area contributed by atoms with Crippen molar-refractivity contribution < 1.29 is 17.9 Å². The van der Waals surface area contributed by atoms with Crippen LogP contribution in [0.5, 0.6) is 11.5 Å². The van der Waals surface area contributed by atoms with Gasteiger partial charge in [-0.2, -0.15) is 0 Å². The van der Waals surface area contributed by atoms with Gasteiger partial charge >= 0.3 is 0 Å². The molecule has 2 aromatic carbocycles. The Kier molecular flexibility index (Phi) is 6.80. The summed E-state index contributed by atoms with van der Waals surface area (Å²) in [5.74, 6) is 0.0665. The zero-order valence-corrected chi connectivity index (χ0v) is 16.1. The van der Waals surface area contributed by atoms with Gasteiger partial charge in [-0.3, -0.25) is 4.79 Å². The highest BCUT2D eigenvalue weighted by molar-refractivity contribution is 7.91. The number of carbonyl (C=O) groups excluding carboxylic acids is 1. The van der Waals surface area contributed by atoms with Crippen molar-refractivity contribution in [2.75, 3.05) is 5.75 Å². The zero-order valence-electron chi connectivity index (χ0n) is 15.3. The maximum absolute atomic E-state index is 12.4. The van der Waals surface area contributed by atoms with E-state index in [4.69, 9.17) is 4.74 Å². The predicted octanol–water partition coefficient (Wildman–Crippen LogP) is 3.55. The van der Waals surface area contributed by atoms with E-state index < -0.39 is 21.5 Å². The molecule has 6 heteroatoms. The number of para-hydroxylation sites is 2. The third-order valence-electron chi connectivity index (χ3n) is 4.06. The minimum Gasteiger partial charge on any atom is -0.457 e. The Morgan fingerprint density at radius 1 is 1.00 bits per heavy atom. The van der Waals surface area contributed by atoms with Crippen LogP contribution in [0.25, 0.3) is 0 Å². The fraction of sp³-hybridized carbons (Fsp3) is 0.350. The van der Waals surface area contributed by atoms with Crippen molar-refractivity contribution in [3.8, 4) is 11.5 Å². The van der Waals surface area contributed by atoms with Crippen molar-refractivity contribution in [1.82, 2.24) is 5.32 Å². The number of hydrogen-bond acceptors (Lipinski definition) is 4. The van der Waals surface area contributed by atoms with Crippen LogP contribution in [-0.2, 0) is 20.4 Å². The Balaban J connectivity index is 2.08. The van der Waals surface area contributed by atoms with E-state index in [9.17, 15) is 13.2 Å². The topological polar surface area (TPSA) is 72.5 Å². The summed E-state index contributed by atoms with van der Waals surface area (Å²) in [6, 6.07) is 16.0. The summed E-state index contributed by atoms with van der Waals surface area (Å²) >= 11 is 0. The molecule has 0 aliphatic heterocycles. The predicted molar refractivity (Wildman–Crippen MR) is 103 cm³/mol. The standard InChI is InChI=1S/C20H25NO4S/c1-15(2)16(3)21-20(22)14-26(23,24)13-17-9-7-8-12-19(17)25-18-10-5-4-6-11-18/h4-12,15-16H,13-14H2,1-3H3,(H,21,22). The smallest absolute Gasteiger partial charge is 0.235 e. The van der Waals surface area contributed by atoms with E-state index in [-0.39, 0.29) is 17.7 Å². The molecule has 1 amide bonds. The molecule has 0 fully saturated rings. The summed E-state index contributed by atoms with van der Waals surface area (Å²) < 4.78 is 30.7. The van der Waals surface area contributed by atoms with Crippen LogP contribution in [0.15, 0.2) is 54.6 Å². The van der Waals surface area contributed by atoms with Crippen molar-refractivity contribution in [3.63, 3.8) is 0 Å². The highest BCUT2D eigenvalue weighted by Gasteiger charge is 2.21. The van der Waals surface area contributed by atoms with Crippen LogP contribution in [0.2, 0.25) is 0 Å². The lowest BCUT2D eigenvalue weighted by atomic mass is 10.1. The Labute approximate surface area is 155 Å². The molecule has 0 heterocycles. The molecule has 5 nitrogen and oxygen atoms in total. The molecular weight excluding hydrogens is 350 g/mol. The van der Waals surface area contributed by atoms with E-state index in [0.717, 1.165) is 0 Å². The lowest BCUT2D eigenvalue weighted by Gasteiger charge is -2.17. The molecule has 0 spiro atoms. The number of benzene rings is 2. The fourth-order valence-corrected chi connectivity index (χ4v) is 3.59. The zero-order chi connectivity index (χ0) is 19.2. The van der Waals surface area contributed by atoms with Crippen LogP contribution >= 0.6 is 0 Å². The molecule has 0 aliphatic carbocycles. The quantitative estimate of drug-likeness (QED) is 0.766. The van der Waals surface area contributed by atoms with Gasteiger partial charge in [0.2, 0.25) is 5.91 Å². The molecule has 140 valence electrons. The first-order chi connectivity index (χ1) is 12.3. The molecular formula is C20H25NO4S. The van der Waals surface area contributed by atoms with Gasteiger partial charge in [0.1, 0.15) is 17.3 Å². The molecule has 0 radical (unpaired) electrons. The SMILES string of the molecule is CC(C)C(C)NC(=O)CS(=O)(=O)Cc1ccccc1Oc1ccccc1. The van der Waals surface area contributed by atoms with Crippen LogP contribution in [0, 0.1) is 5.92 Å². The second-order valence-electron chi connectivity index (χ2n) is 6.66. The van der Waals surface area contributed by atoms with Crippen molar-refractivity contribution in [3.05, 3.63) is 60.2 Å². The number of ether oxygens (including phenoxy) is 1. The van der Waals surface area contributed by atoms with Gasteiger partial charge in [0.05, 0.1) is 5.75 Å². The highest BCUT2D eigenvalue weighted by Crippen LogP contribution is 2.26. The largest absolute Gasteiger partial charge is 0.457 e. The number of nitrogens with one attached hydrogen (secondary N) is 1. The van der Waals surface area contributed by atoms with E-state index in [1.807, 2.05) is 39.0 Å². The normalized spacial score (nSPS) is 12.6. The van der Waals surface area contributed by atoms with E-state index in [2.05, 4.69) is 5.32 Å². The molecule has 1 N–H and O–H groups in total. The van der Waals surface area contributed by atoms with Gasteiger partial charge in [0.15, 0.2) is 9.84 Å². The number of amides is 1. The summed E-state index contributed by atoms with van der Waals surface area (Å²) in [5.41, 5.74) is 0.529. The number of carbonyl (C=O) groups is 1. The first kappa shape index (κ1) is 20.0. The minimum atomic E-state index is -3.61. The molecule has 0 bridgehead atoms. The van der Waals surface area contributed by atoms with Gasteiger partial charge in [0, 0.05) is 11.6 Å². The van der Waals surface area contributed by atoms with Crippen molar-refractivity contribution >= 4 is 15.7 Å². The van der Waals surface area contributed by atoms with E-state index in [1.165, 1.54) is 0 Å². The molecule has 0 saturated heterocycles. The fourth-order valence-electron chi connectivity index (χ4n) is 2.29. The Hall–Kier alpha value is -2.34. The molecule has 26 heavy (non-hydrogen) atoms. The van der Waals surface area contributed by atoms with E-state index >= 15 is 0 Å². The van der Waals surface area contributed by atoms with Crippen molar-refractivity contribution in [2.45, 2.75) is 32.6 Å². The summed E-state index contributed by atoms with van der Waals surface area (Å²) in [7, 11) is -3.61. The van der Waals surface area contributed by atoms with Crippen LogP contribution in [0.4, 0.5) is 0 Å². The second-order valence-corrected chi connectivity index (χ2v) is 8.72. The van der Waals surface area contributed by atoms with Crippen LogP contribution in [0.1, 0.15) is 26.3 Å². The van der Waals surface area contributed by atoms with Crippen molar-refractivity contribution in [1.29, 1.82) is 0 Å². The van der Waals surface area contributed by atoms with Crippen LogP contribution in [0.3, 0.4) is 0 Å². The molecule has 0 aromatic heterocycles. The summed E-state index contributed by atoms with van der Waals surface area (Å²) in [4.78, 5) is 12.0. The summed E-state index contributed by atoms with van der Waals surface area (Å²) in [6.45, 7) is 5.80. The molecule has 0 saturated carbocycles. The monoisotopic (exact) mass is 375 g/mol. The third-order valence-corrected chi connectivity index (χ3v) is 5.51. The average molecular weight is 375 g/mol. The number of sulfone groups is 1. The number of rotatable bonds is 8. The van der Waals surface area contributed by atoms with Crippen LogP contribution in [-0.4, -0.2) is 26.1 Å². The maximum Gasteiger partial charge on any atom is 0.235 e. The molecule has 1 atom stereocenters. The Morgan fingerprint density at radius 3 is 2.27 bits per heavy atom. The second kappa shape index (κ2) is 8.85. The first-order valence-electron chi connectivity index (χ1n) is 8.57. The lowest BCUT2D eigenvalue weighted by molar-refractivity contribution is -0.119.